The van der Waals surface area contributed by atoms with Crippen LogP contribution in [0.25, 0.3) is 11.1 Å². The highest BCUT2D eigenvalue weighted by Crippen LogP contribution is 2.25. The van der Waals surface area contributed by atoms with E-state index in [1.165, 1.54) is 37.9 Å². The van der Waals surface area contributed by atoms with Crippen LogP contribution in [0.5, 0.6) is 0 Å². The maximum absolute atomic E-state index is 2.33. The van der Waals surface area contributed by atoms with Gasteiger partial charge in [-0.1, -0.05) is 127 Å². The van der Waals surface area contributed by atoms with Gasteiger partial charge >= 0.3 is 0 Å². The molecule has 184 valence electrons. The number of hydrogen-bond acceptors (Lipinski definition) is 2. The molecule has 0 radical (unpaired) electrons. The van der Waals surface area contributed by atoms with Gasteiger partial charge in [-0.25, -0.2) is 0 Å². The fourth-order valence-electron chi connectivity index (χ4n) is 4.91. The predicted molar refractivity (Wildman–Crippen MR) is 166 cm³/mol. The fourth-order valence-corrected chi connectivity index (χ4v) is 13.0. The molecule has 0 bridgehead atoms. The zero-order chi connectivity index (χ0) is 25.5. The Morgan fingerprint density at radius 3 is 1.32 bits per heavy atom. The third kappa shape index (κ3) is 5.58. The first-order chi connectivity index (χ1) is 18.2. The molecule has 0 unspecified atom stereocenters. The molecule has 0 aliphatic heterocycles. The quantitative estimate of drug-likeness (QED) is 0.166. The molecular weight excluding hydrogens is 483 g/mol. The summed E-state index contributed by atoms with van der Waals surface area (Å²) in [5.41, 5.74) is 5.14. The van der Waals surface area contributed by atoms with E-state index >= 15 is 0 Å². The van der Waals surface area contributed by atoms with Crippen molar-refractivity contribution in [3.63, 3.8) is 0 Å². The fraction of sp³-hybridized carbons (Fsp3) is 0.118. The van der Waals surface area contributed by atoms with Crippen molar-refractivity contribution in [2.45, 2.75) is 6.42 Å². The lowest BCUT2D eigenvalue weighted by Gasteiger charge is -2.33. The molecule has 0 saturated heterocycles. The van der Waals surface area contributed by atoms with Crippen molar-refractivity contribution >= 4 is 39.7 Å². The summed E-state index contributed by atoms with van der Waals surface area (Å²) in [7, 11) is 1.91. The van der Waals surface area contributed by atoms with Crippen LogP contribution in [0.3, 0.4) is 0 Å². The van der Waals surface area contributed by atoms with Crippen LogP contribution in [-0.4, -0.2) is 27.1 Å². The SMILES string of the molecule is CN(C)c1ccc(-c2ccc(CCS[Si](c3ccccc3)(c3ccccc3)c3ccccc3)cc2)cc1. The van der Waals surface area contributed by atoms with Gasteiger partial charge in [0.25, 0.3) is 0 Å². The second-order valence-electron chi connectivity index (χ2n) is 9.52. The first-order valence-corrected chi connectivity index (χ1v) is 16.5. The van der Waals surface area contributed by atoms with E-state index in [-0.39, 0.29) is 0 Å². The maximum Gasteiger partial charge on any atom is 0.209 e. The van der Waals surface area contributed by atoms with Gasteiger partial charge in [-0.15, -0.1) is 0 Å². The topological polar surface area (TPSA) is 3.24 Å². The van der Waals surface area contributed by atoms with Crippen molar-refractivity contribution in [1.29, 1.82) is 0 Å². The lowest BCUT2D eigenvalue weighted by atomic mass is 10.0. The van der Waals surface area contributed by atoms with Crippen molar-refractivity contribution < 1.29 is 0 Å². The zero-order valence-electron chi connectivity index (χ0n) is 21.5. The molecule has 0 aromatic heterocycles. The van der Waals surface area contributed by atoms with Crippen LogP contribution in [-0.2, 0) is 6.42 Å². The van der Waals surface area contributed by atoms with Crippen LogP contribution in [0.2, 0.25) is 0 Å². The highest BCUT2D eigenvalue weighted by molar-refractivity contribution is 8.33. The molecule has 5 aromatic rings. The Labute approximate surface area is 226 Å². The summed E-state index contributed by atoms with van der Waals surface area (Å²) in [6.45, 7) is 0. The Bertz CT molecular complexity index is 1290. The Kier molecular flexibility index (Phi) is 7.93. The lowest BCUT2D eigenvalue weighted by molar-refractivity contribution is 1.13. The number of rotatable bonds is 9. The Hall–Kier alpha value is -3.53. The summed E-state index contributed by atoms with van der Waals surface area (Å²) in [6.07, 6.45) is 1.05. The average Bonchev–Trinajstić information content (AvgIpc) is 2.97. The van der Waals surface area contributed by atoms with E-state index in [1.807, 2.05) is 0 Å². The molecule has 0 heterocycles. The smallest absolute Gasteiger partial charge is 0.209 e. The first kappa shape index (κ1) is 25.1. The lowest BCUT2D eigenvalue weighted by Crippen LogP contribution is -2.65. The minimum Gasteiger partial charge on any atom is -0.378 e. The van der Waals surface area contributed by atoms with E-state index in [0.717, 1.165) is 12.2 Å². The molecule has 0 aliphatic rings. The number of aryl methyl sites for hydroxylation is 1. The van der Waals surface area contributed by atoms with E-state index in [4.69, 9.17) is 0 Å². The molecule has 0 N–H and O–H groups in total. The largest absolute Gasteiger partial charge is 0.378 e. The summed E-state index contributed by atoms with van der Waals surface area (Å²) in [5, 5.41) is 4.36. The van der Waals surface area contributed by atoms with Crippen LogP contribution in [0.4, 0.5) is 5.69 Å². The van der Waals surface area contributed by atoms with Crippen molar-refractivity contribution in [1.82, 2.24) is 0 Å². The van der Waals surface area contributed by atoms with Gasteiger partial charge in [0.05, 0.1) is 0 Å². The molecular formula is C34H33NSSi. The van der Waals surface area contributed by atoms with Crippen molar-refractivity contribution in [3.05, 3.63) is 145 Å². The van der Waals surface area contributed by atoms with Crippen molar-refractivity contribution in [2.24, 2.45) is 0 Å². The summed E-state index contributed by atoms with van der Waals surface area (Å²) in [4.78, 5) is 2.13. The van der Waals surface area contributed by atoms with E-state index < -0.39 is 7.22 Å². The standard InChI is InChI=1S/C34H33NSSi/c1-35(2)31-24-22-30(23-25-31)29-20-18-28(19-21-29)26-27-36-37(32-12-6-3-7-13-32,33-14-8-4-9-15-33)34-16-10-5-11-17-34/h3-25H,26-27H2,1-2H3. The number of nitrogens with zero attached hydrogens (tertiary/aromatic N) is 1. The van der Waals surface area contributed by atoms with Gasteiger partial charge in [-0.05, 0) is 56.6 Å². The van der Waals surface area contributed by atoms with E-state index in [9.17, 15) is 0 Å². The van der Waals surface area contributed by atoms with E-state index in [0.29, 0.717) is 0 Å². The molecule has 5 aromatic carbocycles. The van der Waals surface area contributed by atoms with Gasteiger partial charge in [-0.3, -0.25) is 0 Å². The third-order valence-corrected chi connectivity index (χ3v) is 15.2. The molecule has 0 amide bonds. The maximum atomic E-state index is 2.33. The monoisotopic (exact) mass is 515 g/mol. The normalized spacial score (nSPS) is 11.3. The first-order valence-electron chi connectivity index (χ1n) is 12.8. The number of anilines is 1. The molecule has 5 rings (SSSR count). The van der Waals surface area contributed by atoms with Gasteiger partial charge in [0.15, 0.2) is 0 Å². The molecule has 1 nitrogen and oxygen atoms in total. The molecule has 0 spiro atoms. The Balaban J connectivity index is 1.40. The highest BCUT2D eigenvalue weighted by atomic mass is 32.4. The van der Waals surface area contributed by atoms with Crippen LogP contribution < -0.4 is 20.5 Å². The van der Waals surface area contributed by atoms with Gasteiger partial charge < -0.3 is 4.90 Å². The molecule has 0 aliphatic carbocycles. The second kappa shape index (κ2) is 11.7. The van der Waals surface area contributed by atoms with Crippen molar-refractivity contribution in [2.75, 3.05) is 24.7 Å². The average molecular weight is 516 g/mol. The Morgan fingerprint density at radius 1 is 0.514 bits per heavy atom. The molecule has 0 fully saturated rings. The van der Waals surface area contributed by atoms with Crippen LogP contribution >= 0.6 is 11.2 Å². The molecule has 0 saturated carbocycles. The van der Waals surface area contributed by atoms with Gasteiger partial charge in [0, 0.05) is 19.8 Å². The van der Waals surface area contributed by atoms with Crippen molar-refractivity contribution in [3.8, 4) is 11.1 Å². The third-order valence-electron chi connectivity index (χ3n) is 6.92. The van der Waals surface area contributed by atoms with Crippen LogP contribution in [0, 0.1) is 0 Å². The summed E-state index contributed by atoms with van der Waals surface area (Å²) in [6, 6.07) is 51.4. The highest BCUT2D eigenvalue weighted by Gasteiger charge is 2.39. The van der Waals surface area contributed by atoms with E-state index in [1.54, 1.807) is 0 Å². The molecule has 3 heteroatoms. The zero-order valence-corrected chi connectivity index (χ0v) is 23.4. The second-order valence-corrected chi connectivity index (χ2v) is 16.0. The summed E-state index contributed by atoms with van der Waals surface area (Å²) >= 11 is 2.16. The van der Waals surface area contributed by atoms with Crippen LogP contribution in [0.1, 0.15) is 5.56 Å². The minimum atomic E-state index is -2.24. The summed E-state index contributed by atoms with van der Waals surface area (Å²) < 4.78 is 0. The van der Waals surface area contributed by atoms with Gasteiger partial charge in [-0.2, -0.15) is 11.2 Å². The van der Waals surface area contributed by atoms with Crippen LogP contribution in [0.15, 0.2) is 140 Å². The summed E-state index contributed by atoms with van der Waals surface area (Å²) in [5.74, 6) is 1.07. The predicted octanol–water partition coefficient (Wildman–Crippen LogP) is 6.36. The number of hydrogen-bond donors (Lipinski definition) is 0. The molecule has 0 atom stereocenters. The van der Waals surface area contributed by atoms with Gasteiger partial charge in [0.2, 0.25) is 7.22 Å². The minimum absolute atomic E-state index is 1.05. The van der Waals surface area contributed by atoms with Gasteiger partial charge in [0.1, 0.15) is 0 Å². The van der Waals surface area contributed by atoms with E-state index in [2.05, 4.69) is 170 Å². The number of benzene rings is 5. The molecule has 37 heavy (non-hydrogen) atoms. The Morgan fingerprint density at radius 2 is 0.919 bits per heavy atom.